The van der Waals surface area contributed by atoms with Crippen molar-refractivity contribution in [2.45, 2.75) is 13.5 Å². The maximum absolute atomic E-state index is 8.56. The van der Waals surface area contributed by atoms with Crippen LogP contribution in [0.3, 0.4) is 0 Å². The fraction of sp³-hybridized carbons (Fsp3) is 0.429. The molecule has 11 heavy (non-hydrogen) atoms. The van der Waals surface area contributed by atoms with Gasteiger partial charge in [-0.3, -0.25) is 0 Å². The molecule has 0 bridgehead atoms. The Kier molecular flexibility index (Phi) is 2.38. The summed E-state index contributed by atoms with van der Waals surface area (Å²) >= 11 is 0. The molecule has 4 heteroatoms. The average Bonchev–Trinajstić information content (AvgIpc) is 2.37. The highest BCUT2D eigenvalue weighted by molar-refractivity contribution is 5.56. The van der Waals surface area contributed by atoms with E-state index in [1.165, 1.54) is 0 Å². The Bertz CT molecular complexity index is 254. The van der Waals surface area contributed by atoms with Gasteiger partial charge in [0.25, 0.3) is 0 Å². The largest absolute Gasteiger partial charge is 0.394 e. The average molecular weight is 153 g/mol. The minimum atomic E-state index is 0.0823. The van der Waals surface area contributed by atoms with Gasteiger partial charge >= 0.3 is 0 Å². The monoisotopic (exact) mass is 153 g/mol. The summed E-state index contributed by atoms with van der Waals surface area (Å²) < 4.78 is 1.59. The quantitative estimate of drug-likeness (QED) is 0.679. The van der Waals surface area contributed by atoms with Crippen molar-refractivity contribution < 1.29 is 5.11 Å². The van der Waals surface area contributed by atoms with Gasteiger partial charge in [0.1, 0.15) is 5.69 Å². The number of rotatable bonds is 3. The first-order valence-electron chi connectivity index (χ1n) is 3.41. The molecule has 0 unspecified atom stereocenters. The third kappa shape index (κ3) is 1.88. The summed E-state index contributed by atoms with van der Waals surface area (Å²) in [7, 11) is 0. The van der Waals surface area contributed by atoms with E-state index in [0.717, 1.165) is 11.3 Å². The Morgan fingerprint density at radius 2 is 2.55 bits per heavy atom. The van der Waals surface area contributed by atoms with Gasteiger partial charge in [-0.1, -0.05) is 11.8 Å². The topological polar surface area (TPSA) is 50.9 Å². The molecule has 1 aromatic heterocycles. The number of nitrogens with zero attached hydrogens (tertiary/aromatic N) is 3. The predicted octanol–water partition coefficient (Wildman–Crippen LogP) is 0.304. The van der Waals surface area contributed by atoms with Gasteiger partial charge in [0, 0.05) is 0 Å². The highest BCUT2D eigenvalue weighted by atomic mass is 16.3. The molecule has 0 saturated heterocycles. The standard InChI is InChI=1S/C7H11N3O/c1-6(2)7-5-10(3-4-11)9-8-7/h5,11H,1,3-4H2,2H3. The van der Waals surface area contributed by atoms with Crippen LogP contribution in [0.1, 0.15) is 12.6 Å². The second kappa shape index (κ2) is 3.30. The SMILES string of the molecule is C=C(C)c1cn(CCO)nn1. The number of aromatic nitrogens is 3. The van der Waals surface area contributed by atoms with Gasteiger partial charge in [-0.25, -0.2) is 4.68 Å². The first-order chi connectivity index (χ1) is 5.24. The molecule has 0 fully saturated rings. The zero-order chi connectivity index (χ0) is 8.27. The van der Waals surface area contributed by atoms with E-state index in [-0.39, 0.29) is 6.61 Å². The number of aliphatic hydroxyl groups is 1. The molecule has 0 spiro atoms. The summed E-state index contributed by atoms with van der Waals surface area (Å²) in [6.07, 6.45) is 1.76. The first kappa shape index (κ1) is 7.94. The van der Waals surface area contributed by atoms with Gasteiger partial charge in [-0.15, -0.1) is 5.10 Å². The second-order valence-electron chi connectivity index (χ2n) is 2.37. The third-order valence-corrected chi connectivity index (χ3v) is 1.31. The molecule has 1 rings (SSSR count). The lowest BCUT2D eigenvalue weighted by Crippen LogP contribution is -2.01. The van der Waals surface area contributed by atoms with Crippen molar-refractivity contribution in [3.63, 3.8) is 0 Å². The Morgan fingerprint density at radius 3 is 3.00 bits per heavy atom. The summed E-state index contributed by atoms with van der Waals surface area (Å²) in [5.74, 6) is 0. The van der Waals surface area contributed by atoms with E-state index in [0.29, 0.717) is 6.54 Å². The Balaban J connectivity index is 2.73. The van der Waals surface area contributed by atoms with Gasteiger partial charge in [-0.2, -0.15) is 0 Å². The van der Waals surface area contributed by atoms with Crippen LogP contribution in [0.4, 0.5) is 0 Å². The Hall–Kier alpha value is -1.16. The molecule has 4 nitrogen and oxygen atoms in total. The molecule has 1 aromatic rings. The van der Waals surface area contributed by atoms with Crippen LogP contribution in [0.5, 0.6) is 0 Å². The van der Waals surface area contributed by atoms with E-state index >= 15 is 0 Å². The number of hydrogen-bond acceptors (Lipinski definition) is 3. The maximum Gasteiger partial charge on any atom is 0.108 e. The van der Waals surface area contributed by atoms with E-state index in [9.17, 15) is 0 Å². The molecule has 60 valence electrons. The van der Waals surface area contributed by atoms with Crippen LogP contribution >= 0.6 is 0 Å². The molecule has 1 heterocycles. The van der Waals surface area contributed by atoms with Gasteiger partial charge in [-0.05, 0) is 12.5 Å². The van der Waals surface area contributed by atoms with E-state index in [1.54, 1.807) is 10.9 Å². The zero-order valence-corrected chi connectivity index (χ0v) is 6.49. The molecule has 0 atom stereocenters. The Labute approximate surface area is 65.2 Å². The molecule has 0 aliphatic rings. The van der Waals surface area contributed by atoms with Gasteiger partial charge in [0.2, 0.25) is 0 Å². The van der Waals surface area contributed by atoms with Crippen molar-refractivity contribution in [1.82, 2.24) is 15.0 Å². The van der Waals surface area contributed by atoms with Crippen LogP contribution in [0.2, 0.25) is 0 Å². The first-order valence-corrected chi connectivity index (χ1v) is 3.41. The summed E-state index contributed by atoms with van der Waals surface area (Å²) in [5.41, 5.74) is 1.66. The summed E-state index contributed by atoms with van der Waals surface area (Å²) in [6.45, 7) is 6.16. The lowest BCUT2D eigenvalue weighted by Gasteiger charge is -1.91. The van der Waals surface area contributed by atoms with Crippen LogP contribution in [0.25, 0.3) is 5.57 Å². The molecule has 0 aliphatic heterocycles. The van der Waals surface area contributed by atoms with Crippen LogP contribution in [0.15, 0.2) is 12.8 Å². The molecule has 0 radical (unpaired) electrons. The molecule has 0 amide bonds. The van der Waals surface area contributed by atoms with Gasteiger partial charge in [0.05, 0.1) is 19.3 Å². The molecular formula is C7H11N3O. The number of hydrogen-bond donors (Lipinski definition) is 1. The van der Waals surface area contributed by atoms with Crippen molar-refractivity contribution >= 4 is 5.57 Å². The summed E-state index contributed by atoms with van der Waals surface area (Å²) in [5, 5.41) is 16.2. The van der Waals surface area contributed by atoms with Crippen molar-refractivity contribution in [2.24, 2.45) is 0 Å². The Morgan fingerprint density at radius 1 is 1.82 bits per heavy atom. The molecule has 0 saturated carbocycles. The highest BCUT2D eigenvalue weighted by Crippen LogP contribution is 2.04. The van der Waals surface area contributed by atoms with Crippen LogP contribution < -0.4 is 0 Å². The zero-order valence-electron chi connectivity index (χ0n) is 6.49. The summed E-state index contributed by atoms with van der Waals surface area (Å²) in [6, 6.07) is 0. The number of allylic oxidation sites excluding steroid dienone is 1. The van der Waals surface area contributed by atoms with E-state index in [4.69, 9.17) is 5.11 Å². The summed E-state index contributed by atoms with van der Waals surface area (Å²) in [4.78, 5) is 0. The lowest BCUT2D eigenvalue weighted by atomic mass is 10.3. The predicted molar refractivity (Wildman–Crippen MR) is 41.8 cm³/mol. The van der Waals surface area contributed by atoms with Crippen LogP contribution in [-0.4, -0.2) is 26.7 Å². The fourth-order valence-electron chi connectivity index (χ4n) is 0.706. The van der Waals surface area contributed by atoms with Crippen molar-refractivity contribution in [3.05, 3.63) is 18.5 Å². The van der Waals surface area contributed by atoms with Crippen molar-refractivity contribution in [1.29, 1.82) is 0 Å². The molecule has 1 N–H and O–H groups in total. The van der Waals surface area contributed by atoms with E-state index in [1.807, 2.05) is 6.92 Å². The normalized spacial score (nSPS) is 10.0. The van der Waals surface area contributed by atoms with Crippen molar-refractivity contribution in [3.8, 4) is 0 Å². The molecule has 0 aliphatic carbocycles. The minimum Gasteiger partial charge on any atom is -0.394 e. The second-order valence-corrected chi connectivity index (χ2v) is 2.37. The minimum absolute atomic E-state index is 0.0823. The smallest absolute Gasteiger partial charge is 0.108 e. The van der Waals surface area contributed by atoms with Gasteiger partial charge < -0.3 is 5.11 Å². The van der Waals surface area contributed by atoms with Crippen LogP contribution in [-0.2, 0) is 6.54 Å². The van der Waals surface area contributed by atoms with Gasteiger partial charge in [0.15, 0.2) is 0 Å². The fourth-order valence-corrected chi connectivity index (χ4v) is 0.706. The van der Waals surface area contributed by atoms with Crippen LogP contribution in [0, 0.1) is 0 Å². The van der Waals surface area contributed by atoms with Crippen molar-refractivity contribution in [2.75, 3.05) is 6.61 Å². The maximum atomic E-state index is 8.56. The lowest BCUT2D eigenvalue weighted by molar-refractivity contribution is 0.268. The van der Waals surface area contributed by atoms with E-state index in [2.05, 4.69) is 16.9 Å². The molecule has 0 aromatic carbocycles. The third-order valence-electron chi connectivity index (χ3n) is 1.31. The highest BCUT2D eigenvalue weighted by Gasteiger charge is 1.98. The number of aliphatic hydroxyl groups excluding tert-OH is 1. The van der Waals surface area contributed by atoms with E-state index < -0.39 is 0 Å². The molecular weight excluding hydrogens is 142 g/mol.